The number of amides is 1. The molecule has 4 aromatic rings. The number of nitrogens with zero attached hydrogens (tertiary/aromatic N) is 3. The molecule has 2 aromatic heterocycles. The van der Waals surface area contributed by atoms with Crippen LogP contribution in [-0.4, -0.2) is 41.3 Å². The lowest BCUT2D eigenvalue weighted by Gasteiger charge is -2.24. The molecule has 1 aliphatic rings. The van der Waals surface area contributed by atoms with Crippen LogP contribution in [0.15, 0.2) is 75.8 Å². The van der Waals surface area contributed by atoms with Gasteiger partial charge >= 0.3 is 5.97 Å². The number of hydrogen-bond donors (Lipinski definition) is 1. The third-order valence-electron chi connectivity index (χ3n) is 6.38. The lowest BCUT2D eigenvalue weighted by molar-refractivity contribution is -0.140. The number of primary amides is 1. The maximum absolute atomic E-state index is 13.9. The number of ether oxygens (including phenoxy) is 2. The molecule has 1 atom stereocenters. The van der Waals surface area contributed by atoms with Crippen LogP contribution in [0.1, 0.15) is 24.1 Å². The summed E-state index contributed by atoms with van der Waals surface area (Å²) in [6.45, 7) is 2.05. The zero-order valence-electron chi connectivity index (χ0n) is 21.2. The van der Waals surface area contributed by atoms with Crippen molar-refractivity contribution in [2.75, 3.05) is 20.3 Å². The molecule has 2 aromatic carbocycles. The van der Waals surface area contributed by atoms with Crippen molar-refractivity contribution in [1.29, 1.82) is 0 Å². The van der Waals surface area contributed by atoms with Gasteiger partial charge in [0.2, 0.25) is 5.91 Å². The third-order valence-corrected chi connectivity index (χ3v) is 7.62. The van der Waals surface area contributed by atoms with Crippen LogP contribution in [0.5, 0.6) is 0 Å². The van der Waals surface area contributed by atoms with Crippen molar-refractivity contribution < 1.29 is 19.1 Å². The lowest BCUT2D eigenvalue weighted by atomic mass is 9.96. The molecule has 9 nitrogen and oxygen atoms in total. The molecule has 1 aliphatic heterocycles. The van der Waals surface area contributed by atoms with E-state index in [9.17, 15) is 14.4 Å². The van der Waals surface area contributed by atoms with Gasteiger partial charge in [0, 0.05) is 34.8 Å². The Kier molecular flexibility index (Phi) is 7.51. The lowest BCUT2D eigenvalue weighted by Crippen LogP contribution is -2.40. The molecular weight excluding hydrogens is 540 g/mol. The number of esters is 1. The van der Waals surface area contributed by atoms with E-state index in [4.69, 9.17) is 26.8 Å². The summed E-state index contributed by atoms with van der Waals surface area (Å²) in [4.78, 5) is 43.8. The van der Waals surface area contributed by atoms with Gasteiger partial charge in [-0.2, -0.15) is 0 Å². The van der Waals surface area contributed by atoms with Gasteiger partial charge in [-0.3, -0.25) is 14.2 Å². The first-order valence-electron chi connectivity index (χ1n) is 12.1. The number of thiazole rings is 1. The number of benzene rings is 2. The van der Waals surface area contributed by atoms with Crippen LogP contribution in [0.3, 0.4) is 0 Å². The molecule has 0 fully saturated rings. The topological polar surface area (TPSA) is 118 Å². The molecule has 0 saturated heterocycles. The molecule has 1 amide bonds. The molecule has 5 rings (SSSR count). The van der Waals surface area contributed by atoms with Gasteiger partial charge in [-0.15, -0.1) is 0 Å². The standard InChI is InChI=1S/C28H25ClN4O5S/c1-16-24(27(36)38-12-11-37-2)25(17-7-9-19(29)10-8-17)33-26(35)22(39-28(33)31-16)13-18-14-32(15-23(30)34)21-6-4-3-5-20(18)21/h3-10,13-14,25H,11-12,15H2,1-2H3,(H2,30,34). The molecule has 200 valence electrons. The highest BCUT2D eigenvalue weighted by molar-refractivity contribution is 7.07. The van der Waals surface area contributed by atoms with E-state index in [1.165, 1.54) is 23.0 Å². The predicted molar refractivity (Wildman–Crippen MR) is 149 cm³/mol. The molecule has 0 radical (unpaired) electrons. The number of hydrogen-bond acceptors (Lipinski definition) is 7. The molecule has 2 N–H and O–H groups in total. The fourth-order valence-corrected chi connectivity index (χ4v) is 5.83. The summed E-state index contributed by atoms with van der Waals surface area (Å²) in [5, 5.41) is 1.40. The minimum atomic E-state index is -0.757. The smallest absolute Gasteiger partial charge is 0.338 e. The number of rotatable bonds is 8. The van der Waals surface area contributed by atoms with Crippen LogP contribution in [0.4, 0.5) is 0 Å². The number of halogens is 1. The van der Waals surface area contributed by atoms with Crippen LogP contribution in [0.2, 0.25) is 5.02 Å². The van der Waals surface area contributed by atoms with Gasteiger partial charge in [-0.1, -0.05) is 53.3 Å². The molecule has 1 unspecified atom stereocenters. The fourth-order valence-electron chi connectivity index (χ4n) is 4.67. The van der Waals surface area contributed by atoms with Crippen LogP contribution in [-0.2, 0) is 25.6 Å². The molecular formula is C28H25ClN4O5S. The first kappa shape index (κ1) is 26.6. The summed E-state index contributed by atoms with van der Waals surface area (Å²) in [6, 6.07) is 13.8. The molecule has 3 heterocycles. The molecule has 39 heavy (non-hydrogen) atoms. The maximum Gasteiger partial charge on any atom is 0.338 e. The molecule has 0 saturated carbocycles. The number of nitrogens with two attached hydrogens (primary N) is 1. The highest BCUT2D eigenvalue weighted by Crippen LogP contribution is 2.31. The van der Waals surface area contributed by atoms with Gasteiger partial charge in [0.15, 0.2) is 4.80 Å². The first-order chi connectivity index (χ1) is 18.8. The Labute approximate surface area is 232 Å². The zero-order chi connectivity index (χ0) is 27.7. The van der Waals surface area contributed by atoms with Crippen LogP contribution >= 0.6 is 22.9 Å². The zero-order valence-corrected chi connectivity index (χ0v) is 22.8. The summed E-state index contributed by atoms with van der Waals surface area (Å²) in [6.07, 6.45) is 3.58. The molecule has 0 bridgehead atoms. The van der Waals surface area contributed by atoms with Crippen molar-refractivity contribution in [3.8, 4) is 0 Å². The summed E-state index contributed by atoms with van der Waals surface area (Å²) in [7, 11) is 1.52. The number of aromatic nitrogens is 2. The minimum Gasteiger partial charge on any atom is -0.460 e. The van der Waals surface area contributed by atoms with Gasteiger partial charge in [0.1, 0.15) is 13.2 Å². The number of methoxy groups -OCH3 is 1. The number of carbonyl (C=O) groups is 2. The fraction of sp³-hybridized carbons (Fsp3) is 0.214. The molecule has 0 spiro atoms. The molecule has 0 aliphatic carbocycles. The largest absolute Gasteiger partial charge is 0.460 e. The second-order valence-corrected chi connectivity index (χ2v) is 10.4. The Morgan fingerprint density at radius 2 is 1.90 bits per heavy atom. The van der Waals surface area contributed by atoms with E-state index < -0.39 is 17.9 Å². The van der Waals surface area contributed by atoms with Gasteiger partial charge in [0.25, 0.3) is 5.56 Å². The van der Waals surface area contributed by atoms with Crippen LogP contribution < -0.4 is 20.6 Å². The van der Waals surface area contributed by atoms with E-state index in [0.29, 0.717) is 25.6 Å². The van der Waals surface area contributed by atoms with E-state index in [2.05, 4.69) is 4.99 Å². The summed E-state index contributed by atoms with van der Waals surface area (Å²) < 4.78 is 14.1. The second-order valence-electron chi connectivity index (χ2n) is 8.96. The summed E-state index contributed by atoms with van der Waals surface area (Å²) >= 11 is 7.36. The van der Waals surface area contributed by atoms with Gasteiger partial charge in [-0.25, -0.2) is 9.79 Å². The normalized spacial score (nSPS) is 15.4. The predicted octanol–water partition coefficient (Wildman–Crippen LogP) is 2.52. The summed E-state index contributed by atoms with van der Waals surface area (Å²) in [5.74, 6) is -1.04. The number of allylic oxidation sites excluding steroid dienone is 1. The Hall–Kier alpha value is -3.99. The third kappa shape index (κ3) is 5.18. The minimum absolute atomic E-state index is 0.0138. The van der Waals surface area contributed by atoms with Crippen molar-refractivity contribution in [2.45, 2.75) is 19.5 Å². The Morgan fingerprint density at radius 1 is 1.15 bits per heavy atom. The van der Waals surface area contributed by atoms with Crippen molar-refractivity contribution >= 4 is 51.8 Å². The maximum atomic E-state index is 13.9. The average Bonchev–Trinajstić information content (AvgIpc) is 3.40. The monoisotopic (exact) mass is 564 g/mol. The Morgan fingerprint density at radius 3 is 2.62 bits per heavy atom. The number of fused-ring (bicyclic) bond motifs is 2. The molecule has 11 heteroatoms. The van der Waals surface area contributed by atoms with E-state index in [1.807, 2.05) is 24.3 Å². The van der Waals surface area contributed by atoms with Crippen molar-refractivity contribution in [1.82, 2.24) is 9.13 Å². The van der Waals surface area contributed by atoms with E-state index in [-0.39, 0.29) is 30.9 Å². The highest BCUT2D eigenvalue weighted by atomic mass is 35.5. The van der Waals surface area contributed by atoms with Gasteiger partial charge in [0.05, 0.1) is 28.5 Å². The van der Waals surface area contributed by atoms with E-state index in [0.717, 1.165) is 16.5 Å². The summed E-state index contributed by atoms with van der Waals surface area (Å²) in [5.41, 5.74) is 8.15. The van der Waals surface area contributed by atoms with Gasteiger partial charge in [-0.05, 0) is 36.8 Å². The average molecular weight is 565 g/mol. The van der Waals surface area contributed by atoms with Crippen molar-refractivity contribution in [3.63, 3.8) is 0 Å². The van der Waals surface area contributed by atoms with Crippen molar-refractivity contribution in [2.24, 2.45) is 10.7 Å². The highest BCUT2D eigenvalue weighted by Gasteiger charge is 2.33. The van der Waals surface area contributed by atoms with E-state index in [1.54, 1.807) is 48.0 Å². The Balaban J connectivity index is 1.68. The van der Waals surface area contributed by atoms with Crippen LogP contribution in [0, 0.1) is 0 Å². The van der Waals surface area contributed by atoms with Crippen LogP contribution in [0.25, 0.3) is 17.0 Å². The first-order valence-corrected chi connectivity index (χ1v) is 13.3. The quantitative estimate of drug-likeness (QED) is 0.261. The van der Waals surface area contributed by atoms with Gasteiger partial charge < -0.3 is 19.8 Å². The number of para-hydroxylation sites is 1. The SMILES string of the molecule is COCCOC(=O)C1=C(C)N=c2sc(=Cc3cn(CC(N)=O)c4ccccc34)c(=O)n2C1c1ccc(Cl)cc1. The second kappa shape index (κ2) is 11.0. The van der Waals surface area contributed by atoms with Crippen molar-refractivity contribution in [3.05, 3.63) is 102 Å². The Bertz CT molecular complexity index is 1800. The van der Waals surface area contributed by atoms with E-state index >= 15 is 0 Å². The number of carbonyl (C=O) groups excluding carboxylic acids is 2.